The van der Waals surface area contributed by atoms with Gasteiger partial charge in [0.2, 0.25) is 10.0 Å². The summed E-state index contributed by atoms with van der Waals surface area (Å²) in [5.74, 6) is -0.0859. The zero-order valence-electron chi connectivity index (χ0n) is 17.3. The van der Waals surface area contributed by atoms with E-state index in [9.17, 15) is 13.2 Å². The summed E-state index contributed by atoms with van der Waals surface area (Å²) >= 11 is 0. The summed E-state index contributed by atoms with van der Waals surface area (Å²) in [6.45, 7) is 6.08. The maximum absolute atomic E-state index is 12.9. The molecule has 30 heavy (non-hydrogen) atoms. The number of hydrogen-bond donors (Lipinski definition) is 2. The van der Waals surface area contributed by atoms with Crippen LogP contribution in [0.4, 0.5) is 5.69 Å². The molecule has 0 heterocycles. The van der Waals surface area contributed by atoms with E-state index in [0.717, 1.165) is 16.8 Å². The van der Waals surface area contributed by atoms with Crippen molar-refractivity contribution in [2.45, 2.75) is 38.1 Å². The number of sulfonamides is 1. The highest BCUT2D eigenvalue weighted by atomic mass is 32.2. The third-order valence-corrected chi connectivity index (χ3v) is 6.30. The van der Waals surface area contributed by atoms with Gasteiger partial charge in [-0.25, -0.2) is 13.1 Å². The first kappa shape index (κ1) is 21.7. The molecular weight excluding hydrogens is 396 g/mol. The molecule has 1 amide bonds. The Balaban J connectivity index is 1.83. The zero-order chi connectivity index (χ0) is 21.7. The molecule has 0 saturated carbocycles. The second-order valence-corrected chi connectivity index (χ2v) is 9.25. The molecule has 3 aromatic rings. The number of hydrogen-bond acceptors (Lipinski definition) is 3. The number of anilines is 1. The van der Waals surface area contributed by atoms with Crippen molar-refractivity contribution < 1.29 is 13.2 Å². The Hall–Kier alpha value is -2.96. The van der Waals surface area contributed by atoms with Crippen LogP contribution in [0.15, 0.2) is 77.7 Å². The van der Waals surface area contributed by atoms with Crippen molar-refractivity contribution >= 4 is 21.6 Å². The van der Waals surface area contributed by atoms with Gasteiger partial charge in [-0.05, 0) is 47.7 Å². The minimum Gasteiger partial charge on any atom is -0.322 e. The third kappa shape index (κ3) is 5.14. The van der Waals surface area contributed by atoms with Gasteiger partial charge in [0.05, 0.1) is 4.90 Å². The smallest absolute Gasteiger partial charge is 0.255 e. The molecule has 0 aliphatic heterocycles. The first-order valence-electron chi connectivity index (χ1n) is 9.82. The molecule has 2 N–H and O–H groups in total. The van der Waals surface area contributed by atoms with Crippen molar-refractivity contribution in [2.75, 3.05) is 5.32 Å². The van der Waals surface area contributed by atoms with E-state index in [-0.39, 0.29) is 23.3 Å². The quantitative estimate of drug-likeness (QED) is 0.572. The Morgan fingerprint density at radius 2 is 1.60 bits per heavy atom. The standard InChI is InChI=1S/C24H26N2O3S/c1-17(2)21-11-7-8-12-23(21)26-24(27)22-15-20(14-13-18(22)3)30(28,29)25-16-19-9-5-4-6-10-19/h4-15,17,25H,16H2,1-3H3,(H,26,27). The molecule has 0 unspecified atom stereocenters. The van der Waals surface area contributed by atoms with Crippen LogP contribution in [0.2, 0.25) is 0 Å². The highest BCUT2D eigenvalue weighted by molar-refractivity contribution is 7.89. The summed E-state index contributed by atoms with van der Waals surface area (Å²) in [6, 6.07) is 21.5. The normalized spacial score (nSPS) is 11.5. The van der Waals surface area contributed by atoms with Crippen molar-refractivity contribution in [3.05, 3.63) is 95.1 Å². The van der Waals surface area contributed by atoms with E-state index in [1.165, 1.54) is 12.1 Å². The average Bonchev–Trinajstić information content (AvgIpc) is 2.73. The van der Waals surface area contributed by atoms with Crippen LogP contribution in [0, 0.1) is 6.92 Å². The molecule has 0 saturated heterocycles. The van der Waals surface area contributed by atoms with Gasteiger partial charge >= 0.3 is 0 Å². The lowest BCUT2D eigenvalue weighted by atomic mass is 10.0. The fourth-order valence-corrected chi connectivity index (χ4v) is 4.22. The minimum atomic E-state index is -3.76. The second-order valence-electron chi connectivity index (χ2n) is 7.48. The van der Waals surface area contributed by atoms with Crippen LogP contribution in [0.3, 0.4) is 0 Å². The molecule has 0 aliphatic carbocycles. The number of nitrogens with one attached hydrogen (secondary N) is 2. The summed E-state index contributed by atoms with van der Waals surface area (Å²) in [7, 11) is -3.76. The Morgan fingerprint density at radius 1 is 0.933 bits per heavy atom. The lowest BCUT2D eigenvalue weighted by Gasteiger charge is -2.15. The van der Waals surface area contributed by atoms with Gasteiger partial charge in [0.25, 0.3) is 5.91 Å². The zero-order valence-corrected chi connectivity index (χ0v) is 18.2. The Morgan fingerprint density at radius 3 is 2.30 bits per heavy atom. The SMILES string of the molecule is Cc1ccc(S(=O)(=O)NCc2ccccc2)cc1C(=O)Nc1ccccc1C(C)C. The van der Waals surface area contributed by atoms with Crippen molar-refractivity contribution in [3.63, 3.8) is 0 Å². The van der Waals surface area contributed by atoms with Crippen LogP contribution in [-0.4, -0.2) is 14.3 Å². The minimum absolute atomic E-state index is 0.0614. The van der Waals surface area contributed by atoms with Gasteiger partial charge < -0.3 is 5.32 Å². The molecule has 0 atom stereocenters. The average molecular weight is 423 g/mol. The lowest BCUT2D eigenvalue weighted by Crippen LogP contribution is -2.24. The summed E-state index contributed by atoms with van der Waals surface area (Å²) in [5.41, 5.74) is 3.65. The summed E-state index contributed by atoms with van der Waals surface area (Å²) in [6.07, 6.45) is 0. The van der Waals surface area contributed by atoms with Crippen molar-refractivity contribution in [3.8, 4) is 0 Å². The Bertz CT molecular complexity index is 1140. The van der Waals surface area contributed by atoms with Gasteiger partial charge in [0, 0.05) is 17.8 Å². The van der Waals surface area contributed by atoms with E-state index >= 15 is 0 Å². The van der Waals surface area contributed by atoms with Crippen molar-refractivity contribution in [2.24, 2.45) is 0 Å². The number of amides is 1. The number of carbonyl (C=O) groups is 1. The Labute approximate surface area is 178 Å². The molecular formula is C24H26N2O3S. The highest BCUT2D eigenvalue weighted by Crippen LogP contribution is 2.25. The number of aryl methyl sites for hydroxylation is 1. The van der Waals surface area contributed by atoms with Crippen LogP contribution < -0.4 is 10.0 Å². The molecule has 3 aromatic carbocycles. The van der Waals surface area contributed by atoms with Crippen LogP contribution in [0.1, 0.15) is 46.8 Å². The van der Waals surface area contributed by atoms with E-state index in [0.29, 0.717) is 11.1 Å². The van der Waals surface area contributed by atoms with Crippen molar-refractivity contribution in [1.29, 1.82) is 0 Å². The molecule has 0 fully saturated rings. The lowest BCUT2D eigenvalue weighted by molar-refractivity contribution is 0.102. The fraction of sp³-hybridized carbons (Fsp3) is 0.208. The van der Waals surface area contributed by atoms with E-state index < -0.39 is 10.0 Å². The van der Waals surface area contributed by atoms with Gasteiger partial charge in [0.1, 0.15) is 0 Å². The largest absolute Gasteiger partial charge is 0.322 e. The van der Waals surface area contributed by atoms with Gasteiger partial charge in [-0.15, -0.1) is 0 Å². The molecule has 0 aromatic heterocycles. The van der Waals surface area contributed by atoms with Crippen LogP contribution in [0.25, 0.3) is 0 Å². The number of benzene rings is 3. The van der Waals surface area contributed by atoms with Crippen LogP contribution in [0.5, 0.6) is 0 Å². The van der Waals surface area contributed by atoms with Gasteiger partial charge in [0.15, 0.2) is 0 Å². The molecule has 0 radical (unpaired) electrons. The molecule has 0 aliphatic rings. The predicted molar refractivity (Wildman–Crippen MR) is 120 cm³/mol. The van der Waals surface area contributed by atoms with E-state index in [4.69, 9.17) is 0 Å². The van der Waals surface area contributed by atoms with Crippen LogP contribution in [-0.2, 0) is 16.6 Å². The molecule has 0 spiro atoms. The Kier molecular flexibility index (Phi) is 6.70. The number of carbonyl (C=O) groups excluding carboxylic acids is 1. The van der Waals surface area contributed by atoms with E-state index in [1.807, 2.05) is 54.6 Å². The third-order valence-electron chi connectivity index (χ3n) is 4.90. The first-order valence-corrected chi connectivity index (χ1v) is 11.3. The molecule has 6 heteroatoms. The first-order chi connectivity index (χ1) is 14.3. The molecule has 0 bridgehead atoms. The summed E-state index contributed by atoms with van der Waals surface area (Å²) < 4.78 is 28.1. The van der Waals surface area contributed by atoms with Gasteiger partial charge in [-0.1, -0.05) is 68.4 Å². The molecule has 5 nitrogen and oxygen atoms in total. The van der Waals surface area contributed by atoms with Gasteiger partial charge in [-0.2, -0.15) is 0 Å². The van der Waals surface area contributed by atoms with Crippen LogP contribution >= 0.6 is 0 Å². The predicted octanol–water partition coefficient (Wildman–Crippen LogP) is 4.85. The summed E-state index contributed by atoms with van der Waals surface area (Å²) in [4.78, 5) is 13.0. The molecule has 3 rings (SSSR count). The number of rotatable bonds is 7. The number of para-hydroxylation sites is 1. The monoisotopic (exact) mass is 422 g/mol. The second kappa shape index (κ2) is 9.24. The van der Waals surface area contributed by atoms with Crippen molar-refractivity contribution in [1.82, 2.24) is 4.72 Å². The maximum Gasteiger partial charge on any atom is 0.255 e. The topological polar surface area (TPSA) is 75.3 Å². The highest BCUT2D eigenvalue weighted by Gasteiger charge is 2.19. The van der Waals surface area contributed by atoms with E-state index in [2.05, 4.69) is 23.9 Å². The van der Waals surface area contributed by atoms with E-state index in [1.54, 1.807) is 13.0 Å². The summed E-state index contributed by atoms with van der Waals surface area (Å²) in [5, 5.41) is 2.93. The molecule has 156 valence electrons. The van der Waals surface area contributed by atoms with Gasteiger partial charge in [-0.3, -0.25) is 4.79 Å². The maximum atomic E-state index is 12.9. The fourth-order valence-electron chi connectivity index (χ4n) is 3.17.